The molecule has 0 aromatic heterocycles. The fraction of sp³-hybridized carbons (Fsp3) is 0.647. The van der Waals surface area contributed by atoms with Gasteiger partial charge in [-0.1, -0.05) is 49.0 Å². The molecule has 0 atom stereocenters. The first-order chi connectivity index (χ1) is 9.69. The fourth-order valence-electron chi connectivity index (χ4n) is 2.24. The summed E-state index contributed by atoms with van der Waals surface area (Å²) in [5, 5.41) is 3.46. The number of hydrogen-bond acceptors (Lipinski definition) is 2. The Labute approximate surface area is 132 Å². The zero-order valence-electron chi connectivity index (χ0n) is 13.1. The molecular weight excluding hydrogens is 314 g/mol. The molecule has 2 nitrogen and oxygen atoms in total. The predicted octanol–water partition coefficient (Wildman–Crippen LogP) is 5.22. The van der Waals surface area contributed by atoms with Gasteiger partial charge >= 0.3 is 0 Å². The van der Waals surface area contributed by atoms with Crippen LogP contribution in [0.2, 0.25) is 0 Å². The Morgan fingerprint density at radius 3 is 2.60 bits per heavy atom. The summed E-state index contributed by atoms with van der Waals surface area (Å²) in [4.78, 5) is 0. The molecule has 0 bridgehead atoms. The van der Waals surface area contributed by atoms with Crippen LogP contribution in [0, 0.1) is 6.92 Å². The maximum Gasteiger partial charge on any atom is 0.126 e. The second-order valence-electron chi connectivity index (χ2n) is 5.30. The van der Waals surface area contributed by atoms with Crippen molar-refractivity contribution in [1.29, 1.82) is 0 Å². The molecule has 1 rings (SSSR count). The van der Waals surface area contributed by atoms with Crippen molar-refractivity contribution in [3.05, 3.63) is 27.7 Å². The Hall–Kier alpha value is -0.540. The van der Waals surface area contributed by atoms with Crippen LogP contribution in [0.4, 0.5) is 0 Å². The van der Waals surface area contributed by atoms with Crippen LogP contribution in [0.1, 0.15) is 57.1 Å². The molecule has 1 aromatic carbocycles. The lowest BCUT2D eigenvalue weighted by Gasteiger charge is -2.15. The van der Waals surface area contributed by atoms with Crippen molar-refractivity contribution in [3.8, 4) is 5.75 Å². The van der Waals surface area contributed by atoms with Crippen LogP contribution >= 0.6 is 15.9 Å². The van der Waals surface area contributed by atoms with E-state index in [0.29, 0.717) is 0 Å². The number of hydrogen-bond donors (Lipinski definition) is 1. The largest absolute Gasteiger partial charge is 0.493 e. The van der Waals surface area contributed by atoms with Gasteiger partial charge in [-0.2, -0.15) is 0 Å². The lowest BCUT2D eigenvalue weighted by atomic mass is 10.1. The van der Waals surface area contributed by atoms with Crippen LogP contribution in [0.3, 0.4) is 0 Å². The molecule has 1 N–H and O–H groups in total. The number of ether oxygens (including phenoxy) is 1. The number of aryl methyl sites for hydroxylation is 1. The molecule has 0 heterocycles. The van der Waals surface area contributed by atoms with Crippen molar-refractivity contribution in [2.45, 2.75) is 59.4 Å². The van der Waals surface area contributed by atoms with Gasteiger partial charge in [-0.25, -0.2) is 0 Å². The average Bonchev–Trinajstić information content (AvgIpc) is 2.41. The zero-order chi connectivity index (χ0) is 14.8. The summed E-state index contributed by atoms with van der Waals surface area (Å²) in [5.74, 6) is 1.06. The number of nitrogens with one attached hydrogen (secondary N) is 1. The van der Waals surface area contributed by atoms with Gasteiger partial charge < -0.3 is 10.1 Å². The van der Waals surface area contributed by atoms with Gasteiger partial charge in [0, 0.05) is 16.6 Å². The maximum absolute atomic E-state index is 6.04. The number of benzene rings is 1. The lowest BCUT2D eigenvalue weighted by Crippen LogP contribution is -2.15. The summed E-state index contributed by atoms with van der Waals surface area (Å²) < 4.78 is 7.17. The Balaban J connectivity index is 2.61. The van der Waals surface area contributed by atoms with Crippen molar-refractivity contribution in [2.24, 2.45) is 0 Å². The smallest absolute Gasteiger partial charge is 0.126 e. The molecule has 3 heteroatoms. The Kier molecular flexibility index (Phi) is 8.95. The van der Waals surface area contributed by atoms with E-state index in [4.69, 9.17) is 4.74 Å². The second-order valence-corrected chi connectivity index (χ2v) is 6.21. The van der Waals surface area contributed by atoms with Crippen LogP contribution in [0.15, 0.2) is 16.6 Å². The minimum atomic E-state index is 0.823. The van der Waals surface area contributed by atoms with Crippen LogP contribution in [0.5, 0.6) is 5.75 Å². The van der Waals surface area contributed by atoms with Crippen molar-refractivity contribution in [2.75, 3.05) is 13.2 Å². The number of rotatable bonds is 10. The van der Waals surface area contributed by atoms with Gasteiger partial charge in [0.25, 0.3) is 0 Å². The van der Waals surface area contributed by atoms with Gasteiger partial charge in [-0.05, 0) is 44.0 Å². The molecule has 0 saturated heterocycles. The van der Waals surface area contributed by atoms with Crippen LogP contribution in [-0.2, 0) is 6.54 Å². The molecule has 20 heavy (non-hydrogen) atoms. The van der Waals surface area contributed by atoms with E-state index in [1.54, 1.807) is 0 Å². The lowest BCUT2D eigenvalue weighted by molar-refractivity contribution is 0.299. The van der Waals surface area contributed by atoms with E-state index in [1.807, 2.05) is 0 Å². The van der Waals surface area contributed by atoms with Crippen molar-refractivity contribution < 1.29 is 4.74 Å². The van der Waals surface area contributed by atoms with Gasteiger partial charge in [0.1, 0.15) is 5.75 Å². The molecule has 0 spiro atoms. The van der Waals surface area contributed by atoms with E-state index < -0.39 is 0 Å². The molecule has 0 radical (unpaired) electrons. The van der Waals surface area contributed by atoms with Gasteiger partial charge in [0.05, 0.1) is 6.61 Å². The Bertz CT molecular complexity index is 393. The Morgan fingerprint density at radius 1 is 1.10 bits per heavy atom. The van der Waals surface area contributed by atoms with Gasteiger partial charge in [-0.15, -0.1) is 0 Å². The fourth-order valence-corrected chi connectivity index (χ4v) is 2.86. The summed E-state index contributed by atoms with van der Waals surface area (Å²) in [6.07, 6.45) is 6.12. The molecule has 0 unspecified atom stereocenters. The molecule has 0 saturated carbocycles. The van der Waals surface area contributed by atoms with Crippen LogP contribution in [-0.4, -0.2) is 13.2 Å². The summed E-state index contributed by atoms with van der Waals surface area (Å²) in [5.41, 5.74) is 2.46. The molecule has 0 aliphatic carbocycles. The molecular formula is C17H28BrNO. The van der Waals surface area contributed by atoms with Crippen molar-refractivity contribution in [1.82, 2.24) is 5.32 Å². The molecule has 1 aromatic rings. The van der Waals surface area contributed by atoms with Crippen LogP contribution in [0.25, 0.3) is 0 Å². The van der Waals surface area contributed by atoms with E-state index in [2.05, 4.69) is 54.2 Å². The minimum absolute atomic E-state index is 0.823. The summed E-state index contributed by atoms with van der Waals surface area (Å²) >= 11 is 3.58. The van der Waals surface area contributed by atoms with Gasteiger partial charge in [0.15, 0.2) is 0 Å². The van der Waals surface area contributed by atoms with Crippen molar-refractivity contribution >= 4 is 15.9 Å². The highest BCUT2D eigenvalue weighted by Gasteiger charge is 2.09. The molecule has 0 aliphatic rings. The minimum Gasteiger partial charge on any atom is -0.493 e. The highest BCUT2D eigenvalue weighted by atomic mass is 79.9. The molecule has 0 amide bonds. The summed E-state index contributed by atoms with van der Waals surface area (Å²) in [7, 11) is 0. The molecule has 0 aliphatic heterocycles. The third-order valence-corrected chi connectivity index (χ3v) is 3.76. The summed E-state index contributed by atoms with van der Waals surface area (Å²) in [6.45, 7) is 9.28. The highest BCUT2D eigenvalue weighted by Crippen LogP contribution is 2.28. The first kappa shape index (κ1) is 17.5. The molecule has 0 fully saturated rings. The van der Waals surface area contributed by atoms with E-state index in [-0.39, 0.29) is 0 Å². The third-order valence-electron chi connectivity index (χ3n) is 3.30. The monoisotopic (exact) mass is 341 g/mol. The van der Waals surface area contributed by atoms with Gasteiger partial charge in [-0.3, -0.25) is 0 Å². The third kappa shape index (κ3) is 6.27. The Morgan fingerprint density at radius 2 is 1.90 bits per heavy atom. The van der Waals surface area contributed by atoms with E-state index in [0.717, 1.165) is 42.8 Å². The maximum atomic E-state index is 6.04. The number of halogens is 1. The normalized spacial score (nSPS) is 10.8. The first-order valence-corrected chi connectivity index (χ1v) is 8.60. The SMILES string of the molecule is CCCCCCOc1c(C)cc(Br)cc1CNCCC. The van der Waals surface area contributed by atoms with Crippen molar-refractivity contribution in [3.63, 3.8) is 0 Å². The van der Waals surface area contributed by atoms with Crippen LogP contribution < -0.4 is 10.1 Å². The van der Waals surface area contributed by atoms with E-state index in [9.17, 15) is 0 Å². The van der Waals surface area contributed by atoms with E-state index >= 15 is 0 Å². The van der Waals surface area contributed by atoms with E-state index in [1.165, 1.54) is 30.4 Å². The first-order valence-electron chi connectivity index (χ1n) is 7.81. The zero-order valence-corrected chi connectivity index (χ0v) is 14.7. The molecule has 114 valence electrons. The highest BCUT2D eigenvalue weighted by molar-refractivity contribution is 9.10. The predicted molar refractivity (Wildman–Crippen MR) is 90.5 cm³/mol. The topological polar surface area (TPSA) is 21.3 Å². The van der Waals surface area contributed by atoms with Gasteiger partial charge in [0.2, 0.25) is 0 Å². The average molecular weight is 342 g/mol. The standard InChI is InChI=1S/C17H28BrNO/c1-4-6-7-8-10-20-17-14(3)11-16(18)12-15(17)13-19-9-5-2/h11-12,19H,4-10,13H2,1-3H3. The second kappa shape index (κ2) is 10.2. The summed E-state index contributed by atoms with van der Waals surface area (Å²) in [6, 6.07) is 4.29. The number of unbranched alkanes of at least 4 members (excludes halogenated alkanes) is 3. The quantitative estimate of drug-likeness (QED) is 0.589.